The lowest BCUT2D eigenvalue weighted by Gasteiger charge is -2.19. The van der Waals surface area contributed by atoms with Gasteiger partial charge in [-0.15, -0.1) is 0 Å². The molecular weight excluding hydrogens is 258 g/mol. The van der Waals surface area contributed by atoms with Crippen molar-refractivity contribution in [2.45, 2.75) is 46.6 Å². The molecule has 0 rings (SSSR count). The van der Waals surface area contributed by atoms with Crippen molar-refractivity contribution in [3.8, 4) is 0 Å². The van der Waals surface area contributed by atoms with E-state index in [1.165, 1.54) is 0 Å². The molecule has 0 unspecified atom stereocenters. The highest BCUT2D eigenvalue weighted by Gasteiger charge is 2.15. The van der Waals surface area contributed by atoms with E-state index in [0.717, 1.165) is 19.6 Å². The maximum absolute atomic E-state index is 11.5. The monoisotopic (exact) mass is 287 g/mol. The van der Waals surface area contributed by atoms with Crippen molar-refractivity contribution in [1.82, 2.24) is 15.5 Å². The first kappa shape index (κ1) is 18.7. The second-order valence-corrected chi connectivity index (χ2v) is 5.56. The Hall–Kier alpha value is -1.30. The molecule has 0 saturated heterocycles. The van der Waals surface area contributed by atoms with Crippen LogP contribution in [0.15, 0.2) is 0 Å². The highest BCUT2D eigenvalue weighted by Crippen LogP contribution is 2.06. The standard InChI is InChI=1S/C14H29N3O3/c1-6-17(7-2)11-10-15-12(18)8-9-16-13(19)20-14(3,4)5/h6-11H2,1-5H3,(H,15,18)(H,16,19). The zero-order valence-corrected chi connectivity index (χ0v) is 13.4. The third-order valence-electron chi connectivity index (χ3n) is 2.66. The highest BCUT2D eigenvalue weighted by atomic mass is 16.6. The van der Waals surface area contributed by atoms with Crippen LogP contribution in [0.3, 0.4) is 0 Å². The Balaban J connectivity index is 3.66. The first-order chi connectivity index (χ1) is 9.28. The summed E-state index contributed by atoms with van der Waals surface area (Å²) in [5.41, 5.74) is -0.518. The average molecular weight is 287 g/mol. The van der Waals surface area contributed by atoms with Gasteiger partial charge in [0.15, 0.2) is 0 Å². The first-order valence-electron chi connectivity index (χ1n) is 7.24. The van der Waals surface area contributed by atoms with E-state index >= 15 is 0 Å². The first-order valence-corrected chi connectivity index (χ1v) is 7.24. The Kier molecular flexibility index (Phi) is 8.96. The van der Waals surface area contributed by atoms with Gasteiger partial charge in [0.05, 0.1) is 0 Å². The molecule has 118 valence electrons. The van der Waals surface area contributed by atoms with Gasteiger partial charge in [0, 0.05) is 26.1 Å². The summed E-state index contributed by atoms with van der Waals surface area (Å²) >= 11 is 0. The van der Waals surface area contributed by atoms with E-state index in [9.17, 15) is 9.59 Å². The van der Waals surface area contributed by atoms with Crippen molar-refractivity contribution in [2.24, 2.45) is 0 Å². The molecule has 0 aliphatic rings. The molecule has 0 spiro atoms. The second kappa shape index (κ2) is 9.58. The fourth-order valence-electron chi connectivity index (χ4n) is 1.57. The van der Waals surface area contributed by atoms with E-state index in [2.05, 4.69) is 29.4 Å². The summed E-state index contributed by atoms with van der Waals surface area (Å²) in [6, 6.07) is 0. The zero-order valence-electron chi connectivity index (χ0n) is 13.4. The highest BCUT2D eigenvalue weighted by molar-refractivity contribution is 5.77. The number of ether oxygens (including phenoxy) is 1. The number of alkyl carbamates (subject to hydrolysis) is 1. The van der Waals surface area contributed by atoms with E-state index in [1.54, 1.807) is 20.8 Å². The number of nitrogens with zero attached hydrogens (tertiary/aromatic N) is 1. The number of hydrogen-bond donors (Lipinski definition) is 2. The van der Waals surface area contributed by atoms with Crippen molar-refractivity contribution < 1.29 is 14.3 Å². The molecule has 0 aliphatic carbocycles. The summed E-state index contributed by atoms with van der Waals surface area (Å²) in [6.07, 6.45) is -0.231. The molecule has 2 N–H and O–H groups in total. The van der Waals surface area contributed by atoms with E-state index < -0.39 is 11.7 Å². The normalized spacial score (nSPS) is 11.3. The molecule has 0 atom stereocenters. The van der Waals surface area contributed by atoms with Crippen molar-refractivity contribution >= 4 is 12.0 Å². The molecular formula is C14H29N3O3. The summed E-state index contributed by atoms with van der Waals surface area (Å²) in [6.45, 7) is 13.3. The van der Waals surface area contributed by atoms with Crippen molar-refractivity contribution in [1.29, 1.82) is 0 Å². The molecule has 0 radical (unpaired) electrons. The largest absolute Gasteiger partial charge is 0.444 e. The lowest BCUT2D eigenvalue weighted by atomic mass is 10.2. The van der Waals surface area contributed by atoms with Gasteiger partial charge in [-0.1, -0.05) is 13.8 Å². The predicted octanol–water partition coefficient (Wildman–Crippen LogP) is 1.36. The molecule has 6 nitrogen and oxygen atoms in total. The second-order valence-electron chi connectivity index (χ2n) is 5.56. The van der Waals surface area contributed by atoms with Crippen LogP contribution < -0.4 is 10.6 Å². The smallest absolute Gasteiger partial charge is 0.407 e. The van der Waals surface area contributed by atoms with Gasteiger partial charge in [-0.05, 0) is 33.9 Å². The molecule has 0 bridgehead atoms. The molecule has 20 heavy (non-hydrogen) atoms. The van der Waals surface area contributed by atoms with Gasteiger partial charge in [0.1, 0.15) is 5.60 Å². The number of likely N-dealkylation sites (N-methyl/N-ethyl adjacent to an activating group) is 1. The molecule has 0 aliphatic heterocycles. The maximum Gasteiger partial charge on any atom is 0.407 e. The van der Waals surface area contributed by atoms with Crippen LogP contribution in [-0.2, 0) is 9.53 Å². The van der Waals surface area contributed by atoms with Gasteiger partial charge in [-0.2, -0.15) is 0 Å². The summed E-state index contributed by atoms with van der Waals surface area (Å²) in [5.74, 6) is -0.0618. The lowest BCUT2D eigenvalue weighted by molar-refractivity contribution is -0.121. The third kappa shape index (κ3) is 10.6. The summed E-state index contributed by atoms with van der Waals surface area (Å²) in [5, 5.41) is 5.39. The Morgan fingerprint density at radius 2 is 1.65 bits per heavy atom. The quantitative estimate of drug-likeness (QED) is 0.707. The van der Waals surface area contributed by atoms with Crippen LogP contribution >= 0.6 is 0 Å². The minimum atomic E-state index is -0.518. The molecule has 0 saturated carbocycles. The Morgan fingerprint density at radius 3 is 2.15 bits per heavy atom. The van der Waals surface area contributed by atoms with Crippen LogP contribution in [-0.4, -0.2) is 55.2 Å². The summed E-state index contributed by atoms with van der Waals surface area (Å²) in [4.78, 5) is 25.1. The van der Waals surface area contributed by atoms with E-state index in [0.29, 0.717) is 6.54 Å². The van der Waals surface area contributed by atoms with Gasteiger partial charge in [0.2, 0.25) is 5.91 Å². The Bertz CT molecular complexity index is 297. The summed E-state index contributed by atoms with van der Waals surface area (Å²) in [7, 11) is 0. The van der Waals surface area contributed by atoms with Gasteiger partial charge in [-0.3, -0.25) is 4.79 Å². The minimum absolute atomic E-state index is 0.0618. The number of amides is 2. The van der Waals surface area contributed by atoms with Crippen LogP contribution in [0.2, 0.25) is 0 Å². The van der Waals surface area contributed by atoms with E-state index in [1.807, 2.05) is 0 Å². The number of carbonyl (C=O) groups excluding carboxylic acids is 2. The molecule has 0 aromatic carbocycles. The van der Waals surface area contributed by atoms with Crippen LogP contribution in [0.25, 0.3) is 0 Å². The molecule has 0 aromatic rings. The topological polar surface area (TPSA) is 70.7 Å². The van der Waals surface area contributed by atoms with Crippen molar-refractivity contribution in [2.75, 3.05) is 32.7 Å². The van der Waals surface area contributed by atoms with Crippen LogP contribution in [0.1, 0.15) is 41.0 Å². The average Bonchev–Trinajstić information content (AvgIpc) is 2.32. The van der Waals surface area contributed by atoms with E-state index in [4.69, 9.17) is 4.74 Å². The number of carbonyl (C=O) groups is 2. The van der Waals surface area contributed by atoms with Gasteiger partial charge in [0.25, 0.3) is 0 Å². The molecule has 0 fully saturated rings. The minimum Gasteiger partial charge on any atom is -0.444 e. The number of hydrogen-bond acceptors (Lipinski definition) is 4. The maximum atomic E-state index is 11.5. The molecule has 6 heteroatoms. The molecule has 0 aromatic heterocycles. The Labute approximate surface area is 122 Å². The molecule has 0 heterocycles. The summed E-state index contributed by atoms with van der Waals surface area (Å²) < 4.78 is 5.07. The van der Waals surface area contributed by atoms with Gasteiger partial charge < -0.3 is 20.3 Å². The third-order valence-corrected chi connectivity index (χ3v) is 2.66. The fraction of sp³-hybridized carbons (Fsp3) is 0.857. The van der Waals surface area contributed by atoms with Crippen molar-refractivity contribution in [3.63, 3.8) is 0 Å². The number of rotatable bonds is 8. The fourth-order valence-corrected chi connectivity index (χ4v) is 1.57. The van der Waals surface area contributed by atoms with E-state index in [-0.39, 0.29) is 18.9 Å². The van der Waals surface area contributed by atoms with Gasteiger partial charge in [-0.25, -0.2) is 4.79 Å². The zero-order chi connectivity index (χ0) is 15.6. The predicted molar refractivity (Wildman–Crippen MR) is 79.7 cm³/mol. The van der Waals surface area contributed by atoms with Crippen molar-refractivity contribution in [3.05, 3.63) is 0 Å². The molecule has 2 amide bonds. The van der Waals surface area contributed by atoms with Crippen LogP contribution in [0.5, 0.6) is 0 Å². The van der Waals surface area contributed by atoms with Crippen LogP contribution in [0, 0.1) is 0 Å². The SMILES string of the molecule is CCN(CC)CCNC(=O)CCNC(=O)OC(C)(C)C. The Morgan fingerprint density at radius 1 is 1.05 bits per heavy atom. The van der Waals surface area contributed by atoms with Crippen LogP contribution in [0.4, 0.5) is 4.79 Å². The lowest BCUT2D eigenvalue weighted by Crippen LogP contribution is -2.37. The number of nitrogens with one attached hydrogen (secondary N) is 2. The van der Waals surface area contributed by atoms with Gasteiger partial charge >= 0.3 is 6.09 Å².